The summed E-state index contributed by atoms with van der Waals surface area (Å²) >= 11 is 6.29. The van der Waals surface area contributed by atoms with Crippen LogP contribution in [0.5, 0.6) is 28.7 Å². The van der Waals surface area contributed by atoms with E-state index in [9.17, 15) is 19.8 Å². The molecule has 4 N–H and O–H groups in total. The number of carbonyl (C=O) groups excluding carboxylic acids is 2. The van der Waals surface area contributed by atoms with Gasteiger partial charge in [-0.2, -0.15) is 5.10 Å². The molecule has 0 unspecified atom stereocenters. The van der Waals surface area contributed by atoms with Gasteiger partial charge in [-0.3, -0.25) is 9.59 Å². The molecule has 0 atom stereocenters. The molecule has 0 spiro atoms. The minimum absolute atomic E-state index is 0.0837. The Kier molecular flexibility index (Phi) is 8.72. The predicted molar refractivity (Wildman–Crippen MR) is 124 cm³/mol. The summed E-state index contributed by atoms with van der Waals surface area (Å²) in [6.45, 7) is 1.29. The summed E-state index contributed by atoms with van der Waals surface area (Å²) in [4.78, 5) is 24.5. The third kappa shape index (κ3) is 5.43. The topological polar surface area (TPSA) is 139 Å². The monoisotopic (exact) mass is 573 g/mol. The second kappa shape index (κ2) is 11.0. The van der Waals surface area contributed by atoms with Crippen molar-refractivity contribution in [3.8, 4) is 28.7 Å². The van der Waals surface area contributed by atoms with Crippen LogP contribution >= 0.6 is 31.9 Å². The van der Waals surface area contributed by atoms with Crippen molar-refractivity contribution in [3.63, 3.8) is 0 Å². The molecular formula is C20H21Br2N3O7. The average molecular weight is 575 g/mol. The van der Waals surface area contributed by atoms with E-state index in [1.807, 2.05) is 0 Å². The van der Waals surface area contributed by atoms with Crippen LogP contribution in [0.25, 0.3) is 0 Å². The van der Waals surface area contributed by atoms with E-state index in [4.69, 9.17) is 14.2 Å². The lowest BCUT2D eigenvalue weighted by molar-refractivity contribution is -0.120. The average Bonchev–Trinajstić information content (AvgIpc) is 2.80. The molecule has 2 rings (SSSR count). The number of ether oxygens (including phenoxy) is 3. The molecular weight excluding hydrogens is 554 g/mol. The third-order valence-electron chi connectivity index (χ3n) is 4.33. The van der Waals surface area contributed by atoms with Gasteiger partial charge in [-0.25, -0.2) is 5.43 Å². The maximum absolute atomic E-state index is 12.4. The number of aromatic hydroxyl groups is 2. The first-order valence-electron chi connectivity index (χ1n) is 8.95. The lowest BCUT2D eigenvalue weighted by atomic mass is 10.1. The summed E-state index contributed by atoms with van der Waals surface area (Å²) in [5.41, 5.74) is 3.25. The Hall–Kier alpha value is -2.99. The van der Waals surface area contributed by atoms with Gasteiger partial charge in [0.15, 0.2) is 11.5 Å². The van der Waals surface area contributed by atoms with E-state index in [-0.39, 0.29) is 33.6 Å². The smallest absolute Gasteiger partial charge is 0.259 e. The second-order valence-corrected chi connectivity index (χ2v) is 7.84. The number of hydrogen-bond donors (Lipinski definition) is 4. The molecule has 172 valence electrons. The number of halogens is 2. The van der Waals surface area contributed by atoms with Crippen molar-refractivity contribution in [2.75, 3.05) is 27.9 Å². The zero-order chi connectivity index (χ0) is 24.0. The van der Waals surface area contributed by atoms with Crippen molar-refractivity contribution in [1.29, 1.82) is 0 Å². The lowest BCUT2D eigenvalue weighted by Crippen LogP contribution is -2.35. The molecule has 0 saturated carbocycles. The minimum atomic E-state index is -0.601. The molecule has 2 amide bonds. The van der Waals surface area contributed by atoms with E-state index < -0.39 is 11.8 Å². The molecule has 0 saturated heterocycles. The number of methoxy groups -OCH3 is 3. The van der Waals surface area contributed by atoms with Crippen LogP contribution in [0, 0.1) is 6.92 Å². The molecule has 0 fully saturated rings. The second-order valence-electron chi connectivity index (χ2n) is 6.25. The molecule has 10 nitrogen and oxygen atoms in total. The summed E-state index contributed by atoms with van der Waals surface area (Å²) < 4.78 is 16.1. The molecule has 2 aromatic carbocycles. The van der Waals surface area contributed by atoms with Gasteiger partial charge in [0.05, 0.1) is 38.6 Å². The Labute approximate surface area is 200 Å². The zero-order valence-electron chi connectivity index (χ0n) is 17.6. The van der Waals surface area contributed by atoms with Crippen LogP contribution < -0.4 is 25.0 Å². The first-order valence-corrected chi connectivity index (χ1v) is 10.5. The molecule has 0 radical (unpaired) electrons. The number of phenols is 2. The van der Waals surface area contributed by atoms with Gasteiger partial charge in [0, 0.05) is 11.1 Å². The Morgan fingerprint density at radius 3 is 2.16 bits per heavy atom. The Morgan fingerprint density at radius 2 is 1.62 bits per heavy atom. The molecule has 2 aromatic rings. The summed E-state index contributed by atoms with van der Waals surface area (Å²) in [5, 5.41) is 26.3. The van der Waals surface area contributed by atoms with E-state index >= 15 is 0 Å². The first-order chi connectivity index (χ1) is 15.2. The van der Waals surface area contributed by atoms with Crippen LogP contribution in [0.1, 0.15) is 21.5 Å². The van der Waals surface area contributed by atoms with Crippen LogP contribution in [0.2, 0.25) is 0 Å². The van der Waals surface area contributed by atoms with Crippen molar-refractivity contribution >= 4 is 49.9 Å². The third-order valence-corrected chi connectivity index (χ3v) is 6.05. The molecule has 32 heavy (non-hydrogen) atoms. The fourth-order valence-electron chi connectivity index (χ4n) is 2.64. The highest BCUT2D eigenvalue weighted by Crippen LogP contribution is 2.43. The van der Waals surface area contributed by atoms with E-state index in [0.717, 1.165) is 0 Å². The van der Waals surface area contributed by atoms with Crippen LogP contribution in [0.3, 0.4) is 0 Å². The summed E-state index contributed by atoms with van der Waals surface area (Å²) in [5.74, 6) is -0.600. The summed E-state index contributed by atoms with van der Waals surface area (Å²) in [7, 11) is 4.30. The standard InChI is InChI=1S/C20H21Br2N3O7/c1-9-11(17(27)16(22)18(28)15(9)21)7-24-25-14(26)8-23-20(29)10-5-12(30-2)19(32-4)13(6-10)31-3/h5-7,27-28H,8H2,1-4H3,(H,23,29)(H,25,26). The summed E-state index contributed by atoms with van der Waals surface area (Å²) in [6, 6.07) is 2.91. The Bertz CT molecular complexity index is 1020. The normalized spacial score (nSPS) is 10.7. The number of hydrazone groups is 1. The molecule has 12 heteroatoms. The number of phenolic OH excluding ortho intramolecular Hbond substituents is 2. The van der Waals surface area contributed by atoms with Crippen molar-refractivity contribution in [3.05, 3.63) is 37.8 Å². The van der Waals surface area contributed by atoms with Crippen molar-refractivity contribution < 1.29 is 34.0 Å². The number of nitrogens with one attached hydrogen (secondary N) is 2. The highest BCUT2D eigenvalue weighted by molar-refractivity contribution is 9.11. The number of amides is 2. The minimum Gasteiger partial charge on any atom is -0.506 e. The van der Waals surface area contributed by atoms with Crippen LogP contribution in [-0.2, 0) is 4.79 Å². The zero-order valence-corrected chi connectivity index (χ0v) is 20.7. The lowest BCUT2D eigenvalue weighted by Gasteiger charge is -2.14. The van der Waals surface area contributed by atoms with Crippen LogP contribution in [0.4, 0.5) is 0 Å². The molecule has 0 aliphatic heterocycles. The fraction of sp³-hybridized carbons (Fsp3) is 0.250. The first kappa shape index (κ1) is 25.3. The van der Waals surface area contributed by atoms with Gasteiger partial charge in [-0.15, -0.1) is 0 Å². The maximum Gasteiger partial charge on any atom is 0.259 e. The largest absolute Gasteiger partial charge is 0.506 e. The van der Waals surface area contributed by atoms with Gasteiger partial charge in [0.25, 0.3) is 11.8 Å². The quantitative estimate of drug-likeness (QED) is 0.281. The summed E-state index contributed by atoms with van der Waals surface area (Å²) in [6.07, 6.45) is 1.22. The van der Waals surface area contributed by atoms with E-state index in [2.05, 4.69) is 47.7 Å². The highest BCUT2D eigenvalue weighted by Gasteiger charge is 2.18. The predicted octanol–water partition coefficient (Wildman–Crippen LogP) is 2.84. The van der Waals surface area contributed by atoms with E-state index in [0.29, 0.717) is 27.3 Å². The van der Waals surface area contributed by atoms with Crippen molar-refractivity contribution in [2.45, 2.75) is 6.92 Å². The van der Waals surface area contributed by atoms with Gasteiger partial charge in [0.1, 0.15) is 16.0 Å². The van der Waals surface area contributed by atoms with Crippen molar-refractivity contribution in [2.24, 2.45) is 5.10 Å². The SMILES string of the molecule is COc1cc(C(=O)NCC(=O)NN=Cc2c(C)c(Br)c(O)c(Br)c2O)cc(OC)c1OC. The molecule has 0 aromatic heterocycles. The number of rotatable bonds is 8. The fourth-order valence-corrected chi connectivity index (χ4v) is 3.73. The Balaban J connectivity index is 2.05. The number of carbonyl (C=O) groups is 2. The Morgan fingerprint density at radius 1 is 1.03 bits per heavy atom. The highest BCUT2D eigenvalue weighted by atomic mass is 79.9. The number of benzene rings is 2. The van der Waals surface area contributed by atoms with Crippen LogP contribution in [-0.4, -0.2) is 56.1 Å². The number of nitrogens with zero attached hydrogens (tertiary/aromatic N) is 1. The van der Waals surface area contributed by atoms with Gasteiger partial charge in [-0.05, 0) is 56.5 Å². The van der Waals surface area contributed by atoms with Crippen molar-refractivity contribution in [1.82, 2.24) is 10.7 Å². The van der Waals surface area contributed by atoms with E-state index in [1.54, 1.807) is 6.92 Å². The molecule has 0 aliphatic rings. The van der Waals surface area contributed by atoms with Gasteiger partial charge >= 0.3 is 0 Å². The molecule has 0 heterocycles. The molecule has 0 bridgehead atoms. The molecule has 0 aliphatic carbocycles. The number of hydrogen-bond acceptors (Lipinski definition) is 8. The maximum atomic E-state index is 12.4. The van der Waals surface area contributed by atoms with Gasteiger partial charge in [-0.1, -0.05) is 0 Å². The van der Waals surface area contributed by atoms with Gasteiger partial charge in [0.2, 0.25) is 5.75 Å². The van der Waals surface area contributed by atoms with Gasteiger partial charge < -0.3 is 29.7 Å². The van der Waals surface area contributed by atoms with E-state index in [1.165, 1.54) is 39.7 Å². The van der Waals surface area contributed by atoms with Crippen LogP contribution in [0.15, 0.2) is 26.2 Å².